The molecular weight excluding hydrogens is 661 g/mol. The second kappa shape index (κ2) is 15.6. The van der Waals surface area contributed by atoms with Crippen LogP contribution in [0.25, 0.3) is 0 Å². The summed E-state index contributed by atoms with van der Waals surface area (Å²) in [6, 6.07) is 14.3. The molecule has 2 aromatic carbocycles. The maximum Gasteiger partial charge on any atom is 0.254 e. The topological polar surface area (TPSA) is 202 Å². The zero-order chi connectivity index (χ0) is 34.4. The minimum atomic E-state index is -0.784. The monoisotopic (exact) mass is 699 g/mol. The van der Waals surface area contributed by atoms with Gasteiger partial charge >= 0.3 is 0 Å². The van der Waals surface area contributed by atoms with Crippen LogP contribution in [0.4, 0.5) is 28.4 Å². The molecule has 0 bridgehead atoms. The Hall–Kier alpha value is -4.54. The van der Waals surface area contributed by atoms with E-state index in [1.165, 1.54) is 0 Å². The number of morpholine rings is 1. The molecule has 9 N–H and O–H groups in total. The molecule has 3 heterocycles. The van der Waals surface area contributed by atoms with E-state index in [4.69, 9.17) is 45.1 Å². The van der Waals surface area contributed by atoms with Gasteiger partial charge in [-0.1, -0.05) is 12.1 Å². The SMILES string of the molecule is Cn1cc(NC(=O)CN=C(N)N)cc1C1Nc2ccccc2N1c1cc(C(N)=O)ccc1NC(=O)C1CN(N(CCCl)CCCl)CCO1. The van der Waals surface area contributed by atoms with E-state index in [0.29, 0.717) is 61.6 Å². The van der Waals surface area contributed by atoms with Crippen molar-refractivity contribution in [1.82, 2.24) is 14.6 Å². The number of primary amides is 1. The van der Waals surface area contributed by atoms with Crippen molar-refractivity contribution >= 4 is 75.3 Å². The number of hydrogen-bond donors (Lipinski definition) is 6. The van der Waals surface area contributed by atoms with Crippen molar-refractivity contribution in [1.29, 1.82) is 0 Å². The molecule has 0 aliphatic carbocycles. The third-order valence-corrected chi connectivity index (χ3v) is 8.29. The van der Waals surface area contributed by atoms with Gasteiger partial charge in [0.2, 0.25) is 11.8 Å². The van der Waals surface area contributed by atoms with E-state index < -0.39 is 24.1 Å². The summed E-state index contributed by atoms with van der Waals surface area (Å²) in [5, 5.41) is 13.4. The number of ether oxygens (including phenoxy) is 1. The Bertz CT molecular complexity index is 1670. The van der Waals surface area contributed by atoms with Crippen LogP contribution < -0.4 is 38.1 Å². The van der Waals surface area contributed by atoms with Gasteiger partial charge in [0.25, 0.3) is 5.91 Å². The van der Waals surface area contributed by atoms with E-state index in [1.54, 1.807) is 24.4 Å². The van der Waals surface area contributed by atoms with Gasteiger partial charge in [-0.2, -0.15) is 0 Å². The number of fused-ring (bicyclic) bond motifs is 1. The molecule has 17 heteroatoms. The molecule has 2 aliphatic rings. The molecule has 0 spiro atoms. The standard InChI is InChI=1S/C31H39Cl2N11O4/c1-41-17-20(38-27(45)16-37-31(35)36)15-25(41)29-39-21-4-2-3-5-23(21)44(29)24-14-19(28(34)46)6-7-22(24)40-30(47)26-18-43(12-13-48-26)42(10-8-32)11-9-33/h2-7,14-15,17,26,29,39H,8-13,16,18H2,1H3,(H2,34,46)(H,38,45)(H,40,47)(H4,35,36,37). The van der Waals surface area contributed by atoms with E-state index in [2.05, 4.69) is 20.9 Å². The van der Waals surface area contributed by atoms with Gasteiger partial charge in [-0.3, -0.25) is 14.4 Å². The number of para-hydroxylation sites is 2. The molecule has 256 valence electrons. The molecule has 5 rings (SSSR count). The largest absolute Gasteiger partial charge is 0.370 e. The zero-order valence-electron chi connectivity index (χ0n) is 26.4. The van der Waals surface area contributed by atoms with E-state index >= 15 is 0 Å². The van der Waals surface area contributed by atoms with Crippen molar-refractivity contribution in [2.75, 3.05) is 71.9 Å². The lowest BCUT2D eigenvalue weighted by Crippen LogP contribution is -2.55. The number of rotatable bonds is 13. The van der Waals surface area contributed by atoms with Crippen molar-refractivity contribution in [3.05, 3.63) is 66.0 Å². The Morgan fingerprint density at radius 1 is 1.04 bits per heavy atom. The number of nitrogens with two attached hydrogens (primary N) is 3. The van der Waals surface area contributed by atoms with Gasteiger partial charge in [0.15, 0.2) is 12.1 Å². The highest BCUT2D eigenvalue weighted by atomic mass is 35.5. The van der Waals surface area contributed by atoms with E-state index in [9.17, 15) is 14.4 Å². The maximum absolute atomic E-state index is 13.8. The number of hydrogen-bond acceptors (Lipinski definition) is 9. The molecule has 15 nitrogen and oxygen atoms in total. The molecule has 2 aliphatic heterocycles. The number of carbonyl (C=O) groups is 3. The number of aromatic nitrogens is 1. The van der Waals surface area contributed by atoms with Crippen LogP contribution in [0.1, 0.15) is 22.2 Å². The number of nitrogens with one attached hydrogen (secondary N) is 3. The predicted molar refractivity (Wildman–Crippen MR) is 188 cm³/mol. The number of halogens is 2. The fourth-order valence-corrected chi connectivity index (χ4v) is 6.15. The minimum absolute atomic E-state index is 0.185. The summed E-state index contributed by atoms with van der Waals surface area (Å²) in [6.07, 6.45) is 0.446. The third-order valence-electron chi connectivity index (χ3n) is 7.95. The Morgan fingerprint density at radius 2 is 1.79 bits per heavy atom. The smallest absolute Gasteiger partial charge is 0.254 e. The zero-order valence-corrected chi connectivity index (χ0v) is 27.9. The van der Waals surface area contributed by atoms with Crippen LogP contribution in [0.15, 0.2) is 59.7 Å². The molecule has 3 aromatic rings. The summed E-state index contributed by atoms with van der Waals surface area (Å²) in [4.78, 5) is 44.3. The van der Waals surface area contributed by atoms with Crippen LogP contribution in [0.3, 0.4) is 0 Å². The van der Waals surface area contributed by atoms with Gasteiger partial charge in [0, 0.05) is 56.7 Å². The lowest BCUT2D eigenvalue weighted by atomic mass is 10.1. The van der Waals surface area contributed by atoms with E-state index in [1.807, 2.05) is 56.9 Å². The van der Waals surface area contributed by atoms with Crippen molar-refractivity contribution in [3.63, 3.8) is 0 Å². The minimum Gasteiger partial charge on any atom is -0.370 e. The van der Waals surface area contributed by atoms with Crippen LogP contribution in [-0.2, 0) is 21.4 Å². The van der Waals surface area contributed by atoms with Crippen molar-refractivity contribution in [2.45, 2.75) is 12.3 Å². The first-order valence-electron chi connectivity index (χ1n) is 15.2. The Balaban J connectivity index is 1.48. The number of alkyl halides is 2. The predicted octanol–water partition coefficient (Wildman–Crippen LogP) is 1.93. The number of hydrazine groups is 1. The van der Waals surface area contributed by atoms with Gasteiger partial charge in [0.05, 0.1) is 40.7 Å². The lowest BCUT2D eigenvalue weighted by molar-refractivity contribution is -0.147. The van der Waals surface area contributed by atoms with Crippen LogP contribution in [0.5, 0.6) is 0 Å². The quantitative estimate of drug-likeness (QED) is 0.0870. The van der Waals surface area contributed by atoms with E-state index in [-0.39, 0.29) is 24.0 Å². The summed E-state index contributed by atoms with van der Waals surface area (Å²) in [5.74, 6) is -0.723. The van der Waals surface area contributed by atoms with Crippen LogP contribution >= 0.6 is 23.2 Å². The molecule has 1 fully saturated rings. The molecule has 1 aromatic heterocycles. The average molecular weight is 701 g/mol. The average Bonchev–Trinajstić information content (AvgIpc) is 3.63. The maximum atomic E-state index is 13.8. The highest BCUT2D eigenvalue weighted by molar-refractivity contribution is 6.18. The van der Waals surface area contributed by atoms with Crippen LogP contribution in [0.2, 0.25) is 0 Å². The van der Waals surface area contributed by atoms with Crippen molar-refractivity contribution in [2.24, 2.45) is 29.2 Å². The molecule has 1 saturated heterocycles. The first kappa shape index (κ1) is 34.8. The Kier molecular flexibility index (Phi) is 11.3. The number of aryl methyl sites for hydroxylation is 1. The molecule has 2 unspecified atom stereocenters. The highest BCUT2D eigenvalue weighted by Gasteiger charge is 2.36. The molecule has 0 radical (unpaired) electrons. The molecular formula is C31H39Cl2N11O4. The van der Waals surface area contributed by atoms with Crippen molar-refractivity contribution < 1.29 is 19.1 Å². The van der Waals surface area contributed by atoms with Gasteiger partial charge in [0.1, 0.15) is 12.7 Å². The summed E-state index contributed by atoms with van der Waals surface area (Å²) < 4.78 is 7.76. The van der Waals surface area contributed by atoms with Crippen LogP contribution in [-0.4, -0.2) is 95.5 Å². The van der Waals surface area contributed by atoms with E-state index in [0.717, 1.165) is 17.1 Å². The van der Waals surface area contributed by atoms with Gasteiger partial charge < -0.3 is 47.4 Å². The molecule has 3 amide bonds. The fraction of sp³-hybridized carbons (Fsp3) is 0.355. The number of benzene rings is 2. The lowest BCUT2D eigenvalue weighted by Gasteiger charge is -2.39. The second-order valence-electron chi connectivity index (χ2n) is 11.2. The first-order valence-corrected chi connectivity index (χ1v) is 16.3. The number of guanidine groups is 1. The Labute approximate surface area is 287 Å². The second-order valence-corrected chi connectivity index (χ2v) is 11.9. The number of amides is 3. The number of anilines is 5. The van der Waals surface area contributed by atoms with Gasteiger partial charge in [-0.05, 0) is 36.4 Å². The fourth-order valence-electron chi connectivity index (χ4n) is 5.76. The number of nitrogens with zero attached hydrogens (tertiary/aromatic N) is 5. The third kappa shape index (κ3) is 7.94. The summed E-state index contributed by atoms with van der Waals surface area (Å²) in [5.41, 5.74) is 20.5. The molecule has 0 saturated carbocycles. The molecule has 2 atom stereocenters. The van der Waals surface area contributed by atoms with Crippen LogP contribution in [0, 0.1) is 0 Å². The first-order chi connectivity index (χ1) is 23.1. The number of aliphatic imine (C=N–C) groups is 1. The van der Waals surface area contributed by atoms with Crippen molar-refractivity contribution in [3.8, 4) is 0 Å². The summed E-state index contributed by atoms with van der Waals surface area (Å²) >= 11 is 12.0. The molecule has 48 heavy (non-hydrogen) atoms. The summed E-state index contributed by atoms with van der Waals surface area (Å²) in [6.45, 7) is 2.20. The summed E-state index contributed by atoms with van der Waals surface area (Å²) in [7, 11) is 1.84. The highest BCUT2D eigenvalue weighted by Crippen LogP contribution is 2.48. The van der Waals surface area contributed by atoms with Gasteiger partial charge in [-0.25, -0.2) is 15.0 Å². The normalized spacial score (nSPS) is 17.5. The van der Waals surface area contributed by atoms with Gasteiger partial charge in [-0.15, -0.1) is 23.2 Å². The Morgan fingerprint density at radius 3 is 2.50 bits per heavy atom. The number of carbonyl (C=O) groups excluding carboxylic acids is 3.